The third kappa shape index (κ3) is 5.35. The number of carbonyl (C=O) groups is 1. The number of rotatable bonds is 5. The third-order valence-electron chi connectivity index (χ3n) is 5.04. The van der Waals surface area contributed by atoms with E-state index >= 15 is 0 Å². The highest BCUT2D eigenvalue weighted by molar-refractivity contribution is 5.76. The molecule has 0 N–H and O–H groups in total. The second-order valence-corrected chi connectivity index (χ2v) is 9.53. The molecule has 0 bridgehead atoms. The molecular formula is C25H30F2O4. The minimum atomic E-state index is -3.65. The first-order valence-corrected chi connectivity index (χ1v) is 10.5. The topological polar surface area (TPSA) is 44.8 Å². The van der Waals surface area contributed by atoms with Crippen LogP contribution in [0.25, 0.3) is 11.1 Å². The summed E-state index contributed by atoms with van der Waals surface area (Å²) >= 11 is 0. The summed E-state index contributed by atoms with van der Waals surface area (Å²) in [4.78, 5) is 12.6. The fraction of sp³-hybridized carbons (Fsp3) is 0.480. The molecule has 0 saturated heterocycles. The van der Waals surface area contributed by atoms with Crippen LogP contribution in [-0.2, 0) is 16.0 Å². The lowest BCUT2D eigenvalue weighted by Crippen LogP contribution is -2.25. The highest BCUT2D eigenvalue weighted by Gasteiger charge is 2.43. The van der Waals surface area contributed by atoms with Gasteiger partial charge in [-0.1, -0.05) is 45.9 Å². The van der Waals surface area contributed by atoms with Crippen molar-refractivity contribution in [3.63, 3.8) is 0 Å². The largest absolute Gasteiger partial charge is 0.586 e. The van der Waals surface area contributed by atoms with Crippen LogP contribution in [0.2, 0.25) is 0 Å². The van der Waals surface area contributed by atoms with E-state index in [2.05, 4.69) is 37.2 Å². The van der Waals surface area contributed by atoms with E-state index in [1.165, 1.54) is 6.07 Å². The lowest BCUT2D eigenvalue weighted by molar-refractivity contribution is -0.286. The second-order valence-electron chi connectivity index (χ2n) is 9.53. The van der Waals surface area contributed by atoms with E-state index in [0.717, 1.165) is 27.8 Å². The number of ether oxygens (including phenoxy) is 3. The van der Waals surface area contributed by atoms with Gasteiger partial charge in [0.15, 0.2) is 11.5 Å². The normalized spacial score (nSPS) is 14.9. The van der Waals surface area contributed by atoms with Gasteiger partial charge in [0.05, 0.1) is 6.42 Å². The van der Waals surface area contributed by atoms with Crippen molar-refractivity contribution in [1.29, 1.82) is 0 Å². The van der Waals surface area contributed by atoms with Crippen molar-refractivity contribution in [1.82, 2.24) is 0 Å². The Morgan fingerprint density at radius 2 is 1.48 bits per heavy atom. The van der Waals surface area contributed by atoms with Crippen molar-refractivity contribution in [3.8, 4) is 22.6 Å². The zero-order chi connectivity index (χ0) is 23.1. The molecule has 0 fully saturated rings. The Hall–Kier alpha value is -2.63. The predicted molar refractivity (Wildman–Crippen MR) is 116 cm³/mol. The summed E-state index contributed by atoms with van der Waals surface area (Å²) in [5.74, 6) is 0.0804. The number of hydrogen-bond donors (Lipinski definition) is 0. The van der Waals surface area contributed by atoms with Gasteiger partial charge in [-0.25, -0.2) is 0 Å². The van der Waals surface area contributed by atoms with Crippen LogP contribution in [-0.4, -0.2) is 17.9 Å². The monoisotopic (exact) mass is 432 g/mol. The van der Waals surface area contributed by atoms with E-state index in [4.69, 9.17) is 4.74 Å². The Labute approximate surface area is 182 Å². The van der Waals surface area contributed by atoms with Gasteiger partial charge in [-0.2, -0.15) is 0 Å². The van der Waals surface area contributed by atoms with Crippen molar-refractivity contribution in [3.05, 3.63) is 47.0 Å². The summed E-state index contributed by atoms with van der Waals surface area (Å²) in [6.07, 6.45) is -3.46. The lowest BCUT2D eigenvalue weighted by Gasteiger charge is -2.24. The Morgan fingerprint density at radius 1 is 0.935 bits per heavy atom. The zero-order valence-corrected chi connectivity index (χ0v) is 19.1. The highest BCUT2D eigenvalue weighted by Crippen LogP contribution is 2.44. The number of benzene rings is 2. The van der Waals surface area contributed by atoms with Gasteiger partial charge in [0, 0.05) is 0 Å². The fourth-order valence-corrected chi connectivity index (χ4v) is 3.77. The average molecular weight is 433 g/mol. The van der Waals surface area contributed by atoms with Crippen LogP contribution >= 0.6 is 0 Å². The Balaban J connectivity index is 2.06. The summed E-state index contributed by atoms with van der Waals surface area (Å²) in [6, 6.07) is 8.83. The number of halogens is 2. The smallest absolute Gasteiger partial charge is 0.460 e. The van der Waals surface area contributed by atoms with Crippen molar-refractivity contribution < 1.29 is 27.8 Å². The van der Waals surface area contributed by atoms with E-state index in [9.17, 15) is 13.6 Å². The molecular weight excluding hydrogens is 402 g/mol. The van der Waals surface area contributed by atoms with Crippen LogP contribution in [0.5, 0.6) is 11.5 Å². The summed E-state index contributed by atoms with van der Waals surface area (Å²) < 4.78 is 41.5. The van der Waals surface area contributed by atoms with Gasteiger partial charge < -0.3 is 14.2 Å². The van der Waals surface area contributed by atoms with Crippen molar-refractivity contribution in [2.45, 2.75) is 78.6 Å². The van der Waals surface area contributed by atoms with Gasteiger partial charge in [0.25, 0.3) is 0 Å². The molecule has 1 aliphatic heterocycles. The number of alkyl halides is 2. The van der Waals surface area contributed by atoms with Crippen molar-refractivity contribution in [2.75, 3.05) is 0 Å². The molecule has 31 heavy (non-hydrogen) atoms. The van der Waals surface area contributed by atoms with Crippen molar-refractivity contribution >= 4 is 5.97 Å². The first-order chi connectivity index (χ1) is 14.3. The van der Waals surface area contributed by atoms with Crippen LogP contribution in [0.3, 0.4) is 0 Å². The maximum absolute atomic E-state index is 13.4. The van der Waals surface area contributed by atoms with E-state index in [1.54, 1.807) is 12.1 Å². The van der Waals surface area contributed by atoms with Gasteiger partial charge in [-0.05, 0) is 72.6 Å². The van der Waals surface area contributed by atoms with Gasteiger partial charge in [0.1, 0.15) is 5.60 Å². The first-order valence-electron chi connectivity index (χ1n) is 10.5. The molecule has 4 nitrogen and oxygen atoms in total. The molecule has 0 saturated carbocycles. The second kappa shape index (κ2) is 8.13. The van der Waals surface area contributed by atoms with Crippen LogP contribution < -0.4 is 9.47 Å². The van der Waals surface area contributed by atoms with Gasteiger partial charge in [-0.3, -0.25) is 4.79 Å². The minimum Gasteiger partial charge on any atom is -0.460 e. The van der Waals surface area contributed by atoms with Gasteiger partial charge in [-0.15, -0.1) is 8.78 Å². The maximum atomic E-state index is 13.4. The molecule has 0 atom stereocenters. The molecule has 0 amide bonds. The summed E-state index contributed by atoms with van der Waals surface area (Å²) in [7, 11) is 0. The third-order valence-corrected chi connectivity index (χ3v) is 5.04. The minimum absolute atomic E-state index is 0.0116. The quantitative estimate of drug-likeness (QED) is 0.487. The first kappa shape index (κ1) is 23.0. The highest BCUT2D eigenvalue weighted by atomic mass is 19.3. The number of fused-ring (bicyclic) bond motifs is 1. The van der Waals surface area contributed by atoms with E-state index < -0.39 is 11.9 Å². The summed E-state index contributed by atoms with van der Waals surface area (Å²) in [5.41, 5.74) is 4.11. The molecule has 0 aliphatic carbocycles. The SMILES string of the molecule is CC(C)c1cc(-c2ccc3c(c2)OC(F)(F)O3)cc(C(C)C)c1CC(=O)OC(C)(C)C. The fourth-order valence-electron chi connectivity index (χ4n) is 3.77. The Kier molecular flexibility index (Phi) is 6.05. The average Bonchev–Trinajstić information content (AvgIpc) is 2.92. The van der Waals surface area contributed by atoms with Gasteiger partial charge in [0.2, 0.25) is 0 Å². The molecule has 0 spiro atoms. The molecule has 0 unspecified atom stereocenters. The molecule has 2 aromatic rings. The maximum Gasteiger partial charge on any atom is 0.586 e. The molecule has 6 heteroatoms. The van der Waals surface area contributed by atoms with E-state index in [0.29, 0.717) is 0 Å². The summed E-state index contributed by atoms with van der Waals surface area (Å²) in [6.45, 7) is 13.8. The molecule has 0 aromatic heterocycles. The van der Waals surface area contributed by atoms with E-state index in [1.807, 2.05) is 32.9 Å². The van der Waals surface area contributed by atoms with Crippen LogP contribution in [0.15, 0.2) is 30.3 Å². The number of carbonyl (C=O) groups excluding carboxylic acids is 1. The molecule has 0 radical (unpaired) electrons. The lowest BCUT2D eigenvalue weighted by atomic mass is 9.84. The zero-order valence-electron chi connectivity index (χ0n) is 19.1. The molecule has 1 heterocycles. The predicted octanol–water partition coefficient (Wildman–Crippen LogP) is 6.81. The van der Waals surface area contributed by atoms with Crippen LogP contribution in [0.1, 0.15) is 77.0 Å². The standard InChI is InChI=1S/C25H30F2O4/c1-14(2)18-10-17(16-8-9-21-22(12-16)30-25(26,27)29-21)11-19(15(3)4)20(18)13-23(28)31-24(5,6)7/h8-12,14-15H,13H2,1-7H3. The van der Waals surface area contributed by atoms with Crippen molar-refractivity contribution in [2.24, 2.45) is 0 Å². The molecule has 2 aromatic carbocycles. The van der Waals surface area contributed by atoms with E-state index in [-0.39, 0.29) is 35.7 Å². The van der Waals surface area contributed by atoms with Gasteiger partial charge >= 0.3 is 12.3 Å². The Morgan fingerprint density at radius 3 is 2.00 bits per heavy atom. The molecule has 1 aliphatic rings. The molecule has 3 rings (SSSR count). The molecule has 168 valence electrons. The van der Waals surface area contributed by atoms with Crippen LogP contribution in [0.4, 0.5) is 8.78 Å². The van der Waals surface area contributed by atoms with Crippen LogP contribution in [0, 0.1) is 0 Å². The Bertz CT molecular complexity index is 958. The number of hydrogen-bond acceptors (Lipinski definition) is 4. The summed E-state index contributed by atoms with van der Waals surface area (Å²) in [5, 5.41) is 0. The number of esters is 1.